The van der Waals surface area contributed by atoms with E-state index >= 15 is 0 Å². The van der Waals surface area contributed by atoms with Gasteiger partial charge in [-0.05, 0) is 54.2 Å². The summed E-state index contributed by atoms with van der Waals surface area (Å²) in [6.07, 6.45) is -2.32. The molecule has 5 aromatic rings. The van der Waals surface area contributed by atoms with E-state index in [1.807, 2.05) is 60.7 Å². The second-order valence-corrected chi connectivity index (χ2v) is 11.0. The van der Waals surface area contributed by atoms with Gasteiger partial charge in [0.2, 0.25) is 0 Å². The van der Waals surface area contributed by atoms with Gasteiger partial charge < -0.3 is 19.9 Å². The van der Waals surface area contributed by atoms with E-state index in [1.54, 1.807) is 12.1 Å². The normalized spacial score (nSPS) is 12.9. The lowest BCUT2D eigenvalue weighted by Gasteiger charge is -2.20. The van der Waals surface area contributed by atoms with Gasteiger partial charge in [-0.2, -0.15) is 5.10 Å². The van der Waals surface area contributed by atoms with Crippen molar-refractivity contribution in [1.29, 1.82) is 0 Å². The summed E-state index contributed by atoms with van der Waals surface area (Å²) in [7, 11) is 0. The molecule has 0 aliphatic carbocycles. The molecule has 0 unspecified atom stereocenters. The SMILES string of the molecule is CC(C)c1c(-c2nc(-c3ccccc3)n[nH]2)c(-c2ccccc2)c(-c2ccc(F)cc2)n1CC[C@@H](O)C[C@@H](O)CC(=O)O. The maximum absolute atomic E-state index is 14.1. The third-order valence-electron chi connectivity index (χ3n) is 7.43. The van der Waals surface area contributed by atoms with Crippen molar-refractivity contribution in [2.45, 2.75) is 57.8 Å². The van der Waals surface area contributed by atoms with Crippen LogP contribution in [0.15, 0.2) is 84.9 Å². The van der Waals surface area contributed by atoms with Crippen molar-refractivity contribution in [1.82, 2.24) is 19.7 Å². The van der Waals surface area contributed by atoms with Gasteiger partial charge in [0, 0.05) is 28.9 Å². The Hall–Kier alpha value is -4.60. The highest BCUT2D eigenvalue weighted by Gasteiger charge is 2.30. The second kappa shape index (κ2) is 13.1. The van der Waals surface area contributed by atoms with Crippen molar-refractivity contribution < 1.29 is 24.5 Å². The lowest BCUT2D eigenvalue weighted by molar-refractivity contribution is -0.139. The fourth-order valence-corrected chi connectivity index (χ4v) is 5.59. The van der Waals surface area contributed by atoms with Gasteiger partial charge in [0.1, 0.15) is 5.82 Å². The fourth-order valence-electron chi connectivity index (χ4n) is 5.59. The molecule has 2 aromatic heterocycles. The Bertz CT molecular complexity index is 1660. The minimum atomic E-state index is -1.15. The Kier molecular flexibility index (Phi) is 9.13. The first-order valence-electron chi connectivity index (χ1n) is 14.4. The smallest absolute Gasteiger partial charge is 0.305 e. The number of carbonyl (C=O) groups is 1. The number of hydrogen-bond acceptors (Lipinski definition) is 5. The van der Waals surface area contributed by atoms with Gasteiger partial charge in [-0.25, -0.2) is 9.37 Å². The third-order valence-corrected chi connectivity index (χ3v) is 7.43. The fraction of sp³-hybridized carbons (Fsp3) is 0.265. The van der Waals surface area contributed by atoms with Crippen molar-refractivity contribution in [2.24, 2.45) is 0 Å². The third kappa shape index (κ3) is 6.74. The van der Waals surface area contributed by atoms with E-state index in [4.69, 9.17) is 10.1 Å². The van der Waals surface area contributed by atoms with Gasteiger partial charge in [-0.3, -0.25) is 9.89 Å². The molecule has 0 fully saturated rings. The molecule has 9 heteroatoms. The molecule has 43 heavy (non-hydrogen) atoms. The van der Waals surface area contributed by atoms with Gasteiger partial charge in [-0.1, -0.05) is 74.5 Å². The molecule has 4 N–H and O–H groups in total. The standard InChI is InChI=1S/C34H35FN4O4/c1-21(2)31-30(34-36-33(37-38-34)24-11-7-4-8-12-24)29(22-9-5-3-6-10-22)32(23-13-15-25(35)16-14-23)39(31)18-17-26(40)19-27(41)20-28(42)43/h3-16,21,26-27,40-41H,17-20H2,1-2H3,(H,42,43)(H,36,37,38)/t26-,27-/m1/s1. The molecule has 3 aromatic carbocycles. The van der Waals surface area contributed by atoms with Crippen LogP contribution in [0.4, 0.5) is 4.39 Å². The summed E-state index contributed by atoms with van der Waals surface area (Å²) in [6.45, 7) is 4.53. The minimum absolute atomic E-state index is 0.00618. The first kappa shape index (κ1) is 29.9. The van der Waals surface area contributed by atoms with Crippen LogP contribution in [0.2, 0.25) is 0 Å². The average molecular weight is 583 g/mol. The highest BCUT2D eigenvalue weighted by atomic mass is 19.1. The first-order chi connectivity index (χ1) is 20.7. The number of aliphatic carboxylic acids is 1. The highest BCUT2D eigenvalue weighted by molar-refractivity contribution is 5.94. The zero-order valence-corrected chi connectivity index (χ0v) is 24.1. The number of nitrogens with one attached hydrogen (secondary N) is 1. The Morgan fingerprint density at radius 1 is 0.860 bits per heavy atom. The van der Waals surface area contributed by atoms with Crippen molar-refractivity contribution in [3.8, 4) is 45.2 Å². The van der Waals surface area contributed by atoms with Gasteiger partial charge >= 0.3 is 5.97 Å². The molecule has 0 spiro atoms. The van der Waals surface area contributed by atoms with E-state index in [1.165, 1.54) is 12.1 Å². The Morgan fingerprint density at radius 3 is 2.09 bits per heavy atom. The number of aliphatic hydroxyl groups excluding tert-OH is 2. The number of aromatic amines is 1. The molecule has 2 heterocycles. The van der Waals surface area contributed by atoms with Crippen molar-refractivity contribution >= 4 is 5.97 Å². The molecule has 222 valence electrons. The first-order valence-corrected chi connectivity index (χ1v) is 14.4. The number of hydrogen-bond donors (Lipinski definition) is 4. The quantitative estimate of drug-likeness (QED) is 0.133. The lowest BCUT2D eigenvalue weighted by atomic mass is 9.94. The highest BCUT2D eigenvalue weighted by Crippen LogP contribution is 2.46. The molecule has 0 amide bonds. The molecular formula is C34H35FN4O4. The van der Waals surface area contributed by atoms with Crippen molar-refractivity contribution in [3.63, 3.8) is 0 Å². The van der Waals surface area contributed by atoms with E-state index in [9.17, 15) is 19.4 Å². The Balaban J connectivity index is 1.70. The number of benzene rings is 3. The summed E-state index contributed by atoms with van der Waals surface area (Å²) < 4.78 is 16.2. The van der Waals surface area contributed by atoms with Crippen LogP contribution in [-0.4, -0.2) is 53.2 Å². The lowest BCUT2D eigenvalue weighted by Crippen LogP contribution is -2.22. The number of aliphatic hydroxyl groups is 2. The molecule has 8 nitrogen and oxygen atoms in total. The zero-order valence-electron chi connectivity index (χ0n) is 24.1. The monoisotopic (exact) mass is 582 g/mol. The molecule has 2 atom stereocenters. The van der Waals surface area contributed by atoms with Crippen molar-refractivity contribution in [3.05, 3.63) is 96.4 Å². The summed E-state index contributed by atoms with van der Waals surface area (Å²) >= 11 is 0. The van der Waals surface area contributed by atoms with E-state index in [0.717, 1.165) is 39.2 Å². The maximum Gasteiger partial charge on any atom is 0.305 e. The number of aromatic nitrogens is 4. The van der Waals surface area contributed by atoms with E-state index < -0.39 is 24.6 Å². The summed E-state index contributed by atoms with van der Waals surface area (Å²) in [6, 6.07) is 25.9. The maximum atomic E-state index is 14.1. The predicted octanol–water partition coefficient (Wildman–Crippen LogP) is 6.51. The van der Waals surface area contributed by atoms with E-state index in [-0.39, 0.29) is 24.6 Å². The van der Waals surface area contributed by atoms with E-state index in [0.29, 0.717) is 18.2 Å². The van der Waals surface area contributed by atoms with Gasteiger partial charge in [-0.15, -0.1) is 0 Å². The molecule has 5 rings (SSSR count). The van der Waals surface area contributed by atoms with Crippen LogP contribution in [0, 0.1) is 5.82 Å². The molecule has 0 bridgehead atoms. The summed E-state index contributed by atoms with van der Waals surface area (Å²) in [5, 5.41) is 37.7. The number of halogens is 1. The Morgan fingerprint density at radius 2 is 1.49 bits per heavy atom. The number of H-pyrrole nitrogens is 1. The number of carboxylic acid groups (broad SMARTS) is 1. The van der Waals surface area contributed by atoms with Crippen LogP contribution < -0.4 is 0 Å². The van der Waals surface area contributed by atoms with Gasteiger partial charge in [0.15, 0.2) is 11.6 Å². The number of carboxylic acids is 1. The molecule has 0 saturated heterocycles. The van der Waals surface area contributed by atoms with Crippen LogP contribution in [0.25, 0.3) is 45.2 Å². The minimum Gasteiger partial charge on any atom is -0.481 e. The van der Waals surface area contributed by atoms with Crippen LogP contribution in [0.1, 0.15) is 44.7 Å². The van der Waals surface area contributed by atoms with Gasteiger partial charge in [0.05, 0.1) is 24.3 Å². The molecule has 0 radical (unpaired) electrons. The van der Waals surface area contributed by atoms with Crippen molar-refractivity contribution in [2.75, 3.05) is 0 Å². The summed E-state index contributed by atoms with van der Waals surface area (Å²) in [5.41, 5.74) is 6.14. The number of rotatable bonds is 12. The van der Waals surface area contributed by atoms with E-state index in [2.05, 4.69) is 28.6 Å². The molecule has 0 aliphatic heterocycles. The largest absolute Gasteiger partial charge is 0.481 e. The zero-order chi connectivity index (χ0) is 30.5. The summed E-state index contributed by atoms with van der Waals surface area (Å²) in [5.74, 6) is -0.321. The van der Waals surface area contributed by atoms with Crippen LogP contribution in [0.3, 0.4) is 0 Å². The predicted molar refractivity (Wildman–Crippen MR) is 164 cm³/mol. The van der Waals surface area contributed by atoms with Crippen LogP contribution in [0.5, 0.6) is 0 Å². The van der Waals surface area contributed by atoms with Crippen LogP contribution in [-0.2, 0) is 11.3 Å². The topological polar surface area (TPSA) is 124 Å². The average Bonchev–Trinajstić information content (AvgIpc) is 3.60. The Labute approximate surface area is 249 Å². The second-order valence-electron chi connectivity index (χ2n) is 11.0. The molecular weight excluding hydrogens is 547 g/mol. The molecule has 0 saturated carbocycles. The molecule has 0 aliphatic rings. The number of nitrogens with zero attached hydrogens (tertiary/aromatic N) is 3. The summed E-state index contributed by atoms with van der Waals surface area (Å²) in [4.78, 5) is 16.0. The van der Waals surface area contributed by atoms with Gasteiger partial charge in [0.25, 0.3) is 0 Å². The van der Waals surface area contributed by atoms with Crippen LogP contribution >= 0.6 is 0 Å².